The molecule has 3 nitrogen and oxygen atoms in total. The van der Waals surface area contributed by atoms with Crippen LogP contribution in [0.2, 0.25) is 0 Å². The average Bonchev–Trinajstić information content (AvgIpc) is 1.88. The first-order valence-corrected chi connectivity index (χ1v) is 4.17. The highest BCUT2D eigenvalue weighted by Crippen LogP contribution is 2.08. The van der Waals surface area contributed by atoms with Crippen LogP contribution in [0.15, 0.2) is 0 Å². The van der Waals surface area contributed by atoms with E-state index in [0.717, 1.165) is 0 Å². The fourth-order valence-electron chi connectivity index (χ4n) is 0.455. The number of hydrogen-bond acceptors (Lipinski definition) is 3. The van der Waals surface area contributed by atoms with Crippen LogP contribution < -0.4 is 0 Å². The van der Waals surface area contributed by atoms with Gasteiger partial charge in [0, 0.05) is 13.2 Å². The molecule has 0 aromatic rings. The molecule has 0 amide bonds. The lowest BCUT2D eigenvalue weighted by Crippen LogP contribution is -2.09. The summed E-state index contributed by atoms with van der Waals surface area (Å²) < 4.78 is 20.1. The van der Waals surface area contributed by atoms with Crippen LogP contribution in [0, 0.1) is 0 Å². The number of rotatable bonds is 5. The zero-order valence-corrected chi connectivity index (χ0v) is 6.95. The summed E-state index contributed by atoms with van der Waals surface area (Å²) in [5.74, 6) is 0. The average molecular weight is 152 g/mol. The highest BCUT2D eigenvalue weighted by atomic mass is 31.1. The lowest BCUT2D eigenvalue weighted by molar-refractivity contribution is -0.0775. The first-order valence-electron chi connectivity index (χ1n) is 3.03. The molecule has 1 atom stereocenters. The maximum atomic E-state index is 10.2. The Morgan fingerprint density at radius 2 is 1.78 bits per heavy atom. The van der Waals surface area contributed by atoms with Crippen molar-refractivity contribution in [2.75, 3.05) is 13.2 Å². The maximum Gasteiger partial charge on any atom is 0.205 e. The lowest BCUT2D eigenvalue weighted by Gasteiger charge is -2.08. The Hall–Kier alpha value is 0.150. The molecule has 0 aliphatic carbocycles. The molecule has 0 fully saturated rings. The molecule has 0 N–H and O–H groups in total. The molecule has 1 unspecified atom stereocenters. The van der Waals surface area contributed by atoms with Crippen molar-refractivity contribution in [3.05, 3.63) is 0 Å². The predicted molar refractivity (Wildman–Crippen MR) is 37.4 cm³/mol. The van der Waals surface area contributed by atoms with Crippen molar-refractivity contribution in [1.82, 2.24) is 0 Å². The summed E-state index contributed by atoms with van der Waals surface area (Å²) in [5.41, 5.74) is 0. The molecule has 0 aliphatic rings. The van der Waals surface area contributed by atoms with Crippen molar-refractivity contribution < 1.29 is 14.0 Å². The van der Waals surface area contributed by atoms with E-state index in [2.05, 4.69) is 0 Å². The summed E-state index contributed by atoms with van der Waals surface area (Å²) in [6, 6.07) is -0.458. The van der Waals surface area contributed by atoms with Gasteiger partial charge in [-0.25, -0.2) is 0 Å². The highest BCUT2D eigenvalue weighted by Gasteiger charge is 2.01. The van der Waals surface area contributed by atoms with E-state index in [1.165, 1.54) is 0 Å². The molecule has 0 aromatic carbocycles. The van der Waals surface area contributed by atoms with Gasteiger partial charge in [0.05, 0.1) is 0 Å². The second kappa shape index (κ2) is 6.27. The Labute approximate surface area is 56.5 Å². The molecule has 0 rings (SSSR count). The lowest BCUT2D eigenvalue weighted by atomic mass is 10.9. The molecule has 0 saturated heterocycles. The minimum Gasteiger partial charge on any atom is -0.347 e. The van der Waals surface area contributed by atoms with Crippen LogP contribution in [0.3, 0.4) is 0 Å². The van der Waals surface area contributed by atoms with Gasteiger partial charge >= 0.3 is 0 Å². The topological polar surface area (TPSA) is 35.5 Å². The van der Waals surface area contributed by atoms with Gasteiger partial charge in [-0.05, 0) is 13.8 Å². The van der Waals surface area contributed by atoms with E-state index in [0.29, 0.717) is 13.2 Å². The highest BCUT2D eigenvalue weighted by molar-refractivity contribution is 7.24. The van der Waals surface area contributed by atoms with E-state index in [1.807, 2.05) is 13.8 Å². The minimum absolute atomic E-state index is 0.458. The molecule has 0 bridgehead atoms. The van der Waals surface area contributed by atoms with Gasteiger partial charge in [-0.3, -0.25) is 0 Å². The van der Waals surface area contributed by atoms with Gasteiger partial charge in [0.2, 0.25) is 6.03 Å². The fourth-order valence-corrected chi connectivity index (χ4v) is 0.997. The SMILES string of the molecule is CCOC(OCC)[PH2]=O. The third kappa shape index (κ3) is 4.64. The van der Waals surface area contributed by atoms with Gasteiger partial charge in [-0.15, -0.1) is 0 Å². The standard InChI is InChI=1S/C5H13O3P/c1-3-7-5(9-6)8-4-2/h5H,3-4,9H2,1-2H3. The molecular weight excluding hydrogens is 139 g/mol. The smallest absolute Gasteiger partial charge is 0.205 e. The molecule has 56 valence electrons. The van der Waals surface area contributed by atoms with Gasteiger partial charge < -0.3 is 14.0 Å². The Kier molecular flexibility index (Phi) is 6.38. The molecule has 0 aromatic heterocycles. The van der Waals surface area contributed by atoms with E-state index in [4.69, 9.17) is 9.47 Å². The van der Waals surface area contributed by atoms with E-state index in [1.54, 1.807) is 0 Å². The van der Waals surface area contributed by atoms with Gasteiger partial charge in [-0.2, -0.15) is 0 Å². The first kappa shape index (κ1) is 9.15. The molecule has 4 heteroatoms. The monoisotopic (exact) mass is 152 g/mol. The summed E-state index contributed by atoms with van der Waals surface area (Å²) in [4.78, 5) is 0. The summed E-state index contributed by atoms with van der Waals surface area (Å²) >= 11 is 0. The van der Waals surface area contributed by atoms with Crippen LogP contribution in [0.4, 0.5) is 0 Å². The third-order valence-electron chi connectivity index (χ3n) is 0.773. The second-order valence-electron chi connectivity index (χ2n) is 1.42. The van der Waals surface area contributed by atoms with Crippen LogP contribution in [-0.2, 0) is 14.0 Å². The Morgan fingerprint density at radius 3 is 2.00 bits per heavy atom. The third-order valence-corrected chi connectivity index (χ3v) is 1.38. The van der Waals surface area contributed by atoms with Crippen molar-refractivity contribution in [3.63, 3.8) is 0 Å². The van der Waals surface area contributed by atoms with E-state index in [-0.39, 0.29) is 0 Å². The molecule has 0 aliphatic heterocycles. The molecule has 9 heavy (non-hydrogen) atoms. The second-order valence-corrected chi connectivity index (χ2v) is 2.23. The predicted octanol–water partition coefficient (Wildman–Crippen LogP) is 1.10. The van der Waals surface area contributed by atoms with E-state index < -0.39 is 14.5 Å². The molecule has 0 radical (unpaired) electrons. The van der Waals surface area contributed by atoms with E-state index >= 15 is 0 Å². The summed E-state index contributed by atoms with van der Waals surface area (Å²) in [7, 11) is -0.960. The van der Waals surface area contributed by atoms with Gasteiger partial charge in [0.1, 0.15) is 8.46 Å². The summed E-state index contributed by atoms with van der Waals surface area (Å²) in [6.07, 6.45) is 0. The first-order chi connectivity index (χ1) is 4.35. The number of hydrogen-bond donors (Lipinski definition) is 0. The van der Waals surface area contributed by atoms with Crippen molar-refractivity contribution in [1.29, 1.82) is 0 Å². The van der Waals surface area contributed by atoms with Crippen LogP contribution in [0.1, 0.15) is 13.8 Å². The normalized spacial score (nSPS) is 11.9. The van der Waals surface area contributed by atoms with Crippen LogP contribution in [0.5, 0.6) is 0 Å². The van der Waals surface area contributed by atoms with Crippen LogP contribution in [0.25, 0.3) is 0 Å². The van der Waals surface area contributed by atoms with Crippen molar-refractivity contribution >= 4 is 8.46 Å². The van der Waals surface area contributed by atoms with Gasteiger partial charge in [0.15, 0.2) is 0 Å². The van der Waals surface area contributed by atoms with Crippen molar-refractivity contribution in [3.8, 4) is 0 Å². The largest absolute Gasteiger partial charge is 0.347 e. The van der Waals surface area contributed by atoms with Crippen LogP contribution >= 0.6 is 8.46 Å². The van der Waals surface area contributed by atoms with Crippen molar-refractivity contribution in [2.45, 2.75) is 19.9 Å². The van der Waals surface area contributed by atoms with Gasteiger partial charge in [0.25, 0.3) is 0 Å². The van der Waals surface area contributed by atoms with E-state index in [9.17, 15) is 4.57 Å². The number of ether oxygens (including phenoxy) is 2. The Balaban J connectivity index is 3.29. The molecule has 0 saturated carbocycles. The fraction of sp³-hybridized carbons (Fsp3) is 1.00. The minimum atomic E-state index is -0.960. The molecule has 0 heterocycles. The van der Waals surface area contributed by atoms with Crippen molar-refractivity contribution in [2.24, 2.45) is 0 Å². The van der Waals surface area contributed by atoms with Crippen LogP contribution in [-0.4, -0.2) is 19.2 Å². The Morgan fingerprint density at radius 1 is 1.33 bits per heavy atom. The Bertz CT molecular complexity index is 70.6. The van der Waals surface area contributed by atoms with Gasteiger partial charge in [-0.1, -0.05) is 0 Å². The summed E-state index contributed by atoms with van der Waals surface area (Å²) in [5, 5.41) is 0. The summed E-state index contributed by atoms with van der Waals surface area (Å²) in [6.45, 7) is 4.81. The quantitative estimate of drug-likeness (QED) is 0.437. The zero-order valence-electron chi connectivity index (χ0n) is 5.79. The maximum absolute atomic E-state index is 10.2. The molecular formula is C5H13O3P. The molecule has 0 spiro atoms. The zero-order chi connectivity index (χ0) is 7.11.